The molecule has 0 aliphatic heterocycles. The molecule has 2 aromatic heterocycles. The van der Waals surface area contributed by atoms with E-state index in [-0.39, 0.29) is 11.9 Å². The van der Waals surface area contributed by atoms with Gasteiger partial charge in [-0.05, 0) is 26.0 Å². The molecule has 2 heterocycles. The van der Waals surface area contributed by atoms with E-state index in [1.807, 2.05) is 13.0 Å². The molecule has 0 spiro atoms. The number of nitrogens with two attached hydrogens (primary N) is 1. The van der Waals surface area contributed by atoms with Crippen LogP contribution in [0.3, 0.4) is 0 Å². The van der Waals surface area contributed by atoms with Gasteiger partial charge in [0.15, 0.2) is 0 Å². The maximum atomic E-state index is 12.1. The zero-order valence-electron chi connectivity index (χ0n) is 10.6. The number of carbonyl (C=O) groups excluding carboxylic acids is 1. The number of nitrogen functional groups attached to an aromatic ring is 1. The summed E-state index contributed by atoms with van der Waals surface area (Å²) in [4.78, 5) is 12.1. The van der Waals surface area contributed by atoms with Gasteiger partial charge in [0.1, 0.15) is 11.5 Å². The van der Waals surface area contributed by atoms with Crippen molar-refractivity contribution in [3.8, 4) is 0 Å². The van der Waals surface area contributed by atoms with E-state index in [4.69, 9.17) is 10.2 Å². The van der Waals surface area contributed by atoms with Crippen molar-refractivity contribution in [3.05, 3.63) is 35.5 Å². The number of nitrogens with zero attached hydrogens (tertiary/aromatic N) is 2. The fourth-order valence-corrected chi connectivity index (χ4v) is 1.82. The van der Waals surface area contributed by atoms with Gasteiger partial charge in [0.25, 0.3) is 5.91 Å². The van der Waals surface area contributed by atoms with Crippen LogP contribution in [0.4, 0.5) is 5.69 Å². The van der Waals surface area contributed by atoms with Crippen LogP contribution in [0.2, 0.25) is 0 Å². The Labute approximate surface area is 105 Å². The Kier molecular flexibility index (Phi) is 3.10. The third kappa shape index (κ3) is 2.09. The molecule has 2 aromatic rings. The fraction of sp³-hybridized carbons (Fsp3) is 0.333. The van der Waals surface area contributed by atoms with E-state index in [0.717, 1.165) is 0 Å². The summed E-state index contributed by atoms with van der Waals surface area (Å²) in [5.41, 5.74) is 7.25. The van der Waals surface area contributed by atoms with Gasteiger partial charge in [0.2, 0.25) is 0 Å². The highest BCUT2D eigenvalue weighted by atomic mass is 16.3. The molecule has 1 amide bonds. The molecular weight excluding hydrogens is 232 g/mol. The van der Waals surface area contributed by atoms with E-state index in [0.29, 0.717) is 22.8 Å². The van der Waals surface area contributed by atoms with Crippen LogP contribution in [0.25, 0.3) is 0 Å². The number of hydrogen-bond donors (Lipinski definition) is 2. The van der Waals surface area contributed by atoms with E-state index in [1.54, 1.807) is 26.3 Å². The molecule has 0 aromatic carbocycles. The third-order valence-electron chi connectivity index (χ3n) is 2.80. The summed E-state index contributed by atoms with van der Waals surface area (Å²) in [6.45, 7) is 3.61. The van der Waals surface area contributed by atoms with Gasteiger partial charge in [-0.2, -0.15) is 5.10 Å². The molecule has 0 saturated carbocycles. The van der Waals surface area contributed by atoms with Crippen molar-refractivity contribution in [3.63, 3.8) is 0 Å². The van der Waals surface area contributed by atoms with Crippen LogP contribution in [0.5, 0.6) is 0 Å². The molecule has 3 N–H and O–H groups in total. The quantitative estimate of drug-likeness (QED) is 0.859. The van der Waals surface area contributed by atoms with Gasteiger partial charge < -0.3 is 15.5 Å². The zero-order chi connectivity index (χ0) is 13.3. The Morgan fingerprint density at radius 3 is 2.83 bits per heavy atom. The third-order valence-corrected chi connectivity index (χ3v) is 2.80. The zero-order valence-corrected chi connectivity index (χ0v) is 10.6. The van der Waals surface area contributed by atoms with E-state index >= 15 is 0 Å². The summed E-state index contributed by atoms with van der Waals surface area (Å²) < 4.78 is 6.71. The van der Waals surface area contributed by atoms with Gasteiger partial charge >= 0.3 is 0 Å². The Bertz CT molecular complexity index is 557. The van der Waals surface area contributed by atoms with E-state index in [9.17, 15) is 4.79 Å². The highest BCUT2D eigenvalue weighted by Gasteiger charge is 2.20. The Morgan fingerprint density at radius 1 is 1.61 bits per heavy atom. The summed E-state index contributed by atoms with van der Waals surface area (Å²) in [5, 5.41) is 6.93. The molecule has 1 unspecified atom stereocenters. The lowest BCUT2D eigenvalue weighted by Gasteiger charge is -2.11. The second-order valence-electron chi connectivity index (χ2n) is 4.18. The van der Waals surface area contributed by atoms with Gasteiger partial charge in [0, 0.05) is 7.05 Å². The lowest BCUT2D eigenvalue weighted by molar-refractivity contribution is 0.0927. The number of furan rings is 1. The smallest absolute Gasteiger partial charge is 0.272 e. The summed E-state index contributed by atoms with van der Waals surface area (Å²) in [7, 11) is 1.69. The van der Waals surface area contributed by atoms with Crippen LogP contribution in [0, 0.1) is 6.92 Å². The average Bonchev–Trinajstić information content (AvgIpc) is 2.88. The number of carbonyl (C=O) groups is 1. The molecule has 0 aliphatic carbocycles. The molecule has 0 aliphatic rings. The monoisotopic (exact) mass is 248 g/mol. The molecular formula is C12H16N4O2. The van der Waals surface area contributed by atoms with Gasteiger partial charge in [-0.25, -0.2) is 0 Å². The molecule has 96 valence electrons. The first kappa shape index (κ1) is 12.2. The lowest BCUT2D eigenvalue weighted by atomic mass is 10.2. The normalized spacial score (nSPS) is 12.4. The van der Waals surface area contributed by atoms with Crippen LogP contribution >= 0.6 is 0 Å². The molecule has 0 bridgehead atoms. The first-order chi connectivity index (χ1) is 8.50. The summed E-state index contributed by atoms with van der Waals surface area (Å²) in [5.74, 6) is 0.431. The lowest BCUT2D eigenvalue weighted by Crippen LogP contribution is -2.28. The van der Waals surface area contributed by atoms with Gasteiger partial charge in [-0.15, -0.1) is 0 Å². The van der Waals surface area contributed by atoms with Crippen molar-refractivity contribution in [1.82, 2.24) is 15.1 Å². The minimum Gasteiger partial charge on any atom is -0.467 e. The summed E-state index contributed by atoms with van der Waals surface area (Å²) in [6.07, 6.45) is 1.57. The van der Waals surface area contributed by atoms with E-state index in [2.05, 4.69) is 10.4 Å². The number of amides is 1. The first-order valence-electron chi connectivity index (χ1n) is 5.64. The van der Waals surface area contributed by atoms with Gasteiger partial charge in [-0.1, -0.05) is 0 Å². The van der Waals surface area contributed by atoms with E-state index < -0.39 is 0 Å². The standard InChI is InChI=1S/C12H16N4O2/c1-7(9-5-4-6-18-9)14-12(17)11-10(13)8(2)15-16(11)3/h4-7H,13H2,1-3H3,(H,14,17). The van der Waals surface area contributed by atoms with Crippen LogP contribution in [0.15, 0.2) is 22.8 Å². The number of hydrogen-bond acceptors (Lipinski definition) is 4. The van der Waals surface area contributed by atoms with Gasteiger partial charge in [0.05, 0.1) is 23.7 Å². The summed E-state index contributed by atoms with van der Waals surface area (Å²) in [6, 6.07) is 3.37. The largest absolute Gasteiger partial charge is 0.467 e. The van der Waals surface area contributed by atoms with E-state index in [1.165, 1.54) is 4.68 Å². The van der Waals surface area contributed by atoms with Crippen LogP contribution in [0.1, 0.15) is 34.9 Å². The topological polar surface area (TPSA) is 86.1 Å². The van der Waals surface area contributed by atoms with Crippen LogP contribution in [-0.4, -0.2) is 15.7 Å². The highest BCUT2D eigenvalue weighted by molar-refractivity contribution is 5.98. The second kappa shape index (κ2) is 4.56. The molecule has 6 nitrogen and oxygen atoms in total. The summed E-state index contributed by atoms with van der Waals surface area (Å²) >= 11 is 0. The Balaban J connectivity index is 2.17. The van der Waals surface area contributed by atoms with Crippen molar-refractivity contribution >= 4 is 11.6 Å². The second-order valence-corrected chi connectivity index (χ2v) is 4.18. The minimum absolute atomic E-state index is 0.220. The van der Waals surface area contributed by atoms with Crippen molar-refractivity contribution < 1.29 is 9.21 Å². The molecule has 0 radical (unpaired) electrons. The number of anilines is 1. The molecule has 2 rings (SSSR count). The predicted octanol–water partition coefficient (Wildman–Crippen LogP) is 1.39. The Hall–Kier alpha value is -2.24. The maximum Gasteiger partial charge on any atom is 0.272 e. The van der Waals surface area contributed by atoms with Crippen molar-refractivity contribution in [2.24, 2.45) is 7.05 Å². The first-order valence-corrected chi connectivity index (χ1v) is 5.64. The number of aromatic nitrogens is 2. The minimum atomic E-state index is -0.264. The fourth-order valence-electron chi connectivity index (χ4n) is 1.82. The van der Waals surface area contributed by atoms with Crippen molar-refractivity contribution in [2.45, 2.75) is 19.9 Å². The number of rotatable bonds is 3. The SMILES string of the molecule is Cc1nn(C)c(C(=O)NC(C)c2ccco2)c1N. The Morgan fingerprint density at radius 2 is 2.33 bits per heavy atom. The van der Waals surface area contributed by atoms with Crippen molar-refractivity contribution in [1.29, 1.82) is 0 Å². The molecule has 0 saturated heterocycles. The predicted molar refractivity (Wildman–Crippen MR) is 66.9 cm³/mol. The van der Waals surface area contributed by atoms with Crippen molar-refractivity contribution in [2.75, 3.05) is 5.73 Å². The molecule has 1 atom stereocenters. The number of aryl methyl sites for hydroxylation is 2. The molecule has 0 fully saturated rings. The number of nitrogens with one attached hydrogen (secondary N) is 1. The average molecular weight is 248 g/mol. The van der Waals surface area contributed by atoms with Gasteiger partial charge in [-0.3, -0.25) is 9.48 Å². The van der Waals surface area contributed by atoms with Crippen LogP contribution < -0.4 is 11.1 Å². The highest BCUT2D eigenvalue weighted by Crippen LogP contribution is 2.17. The maximum absolute atomic E-state index is 12.1. The van der Waals surface area contributed by atoms with Crippen LogP contribution in [-0.2, 0) is 7.05 Å². The molecule has 18 heavy (non-hydrogen) atoms. The molecule has 6 heteroatoms.